The maximum atomic E-state index is 12.5. The first-order valence-electron chi connectivity index (χ1n) is 6.81. The van der Waals surface area contributed by atoms with Gasteiger partial charge in [-0.05, 0) is 44.9 Å². The highest BCUT2D eigenvalue weighted by atomic mass is 32.2. The Labute approximate surface area is 136 Å². The Morgan fingerprint density at radius 2 is 1.78 bits per heavy atom. The first kappa shape index (κ1) is 19.6. The number of hydrogen-bond donors (Lipinski definition) is 2. The molecule has 23 heavy (non-hydrogen) atoms. The van der Waals surface area contributed by atoms with E-state index in [0.717, 1.165) is 12.3 Å². The molecule has 0 amide bonds. The third-order valence-electron chi connectivity index (χ3n) is 3.25. The fourth-order valence-electron chi connectivity index (χ4n) is 1.99. The topological polar surface area (TPSA) is 118 Å². The van der Waals surface area contributed by atoms with E-state index in [1.165, 1.54) is 12.1 Å². The van der Waals surface area contributed by atoms with E-state index in [-0.39, 0.29) is 22.6 Å². The van der Waals surface area contributed by atoms with Crippen molar-refractivity contribution in [1.29, 1.82) is 0 Å². The van der Waals surface area contributed by atoms with Crippen molar-refractivity contribution >= 4 is 25.8 Å². The molecule has 130 valence electrons. The molecule has 0 aliphatic rings. The van der Waals surface area contributed by atoms with Crippen LogP contribution in [0.25, 0.3) is 0 Å². The predicted molar refractivity (Wildman–Crippen MR) is 85.6 cm³/mol. The minimum absolute atomic E-state index is 0.0909. The maximum Gasteiger partial charge on any atom is 0.303 e. The zero-order valence-electron chi connectivity index (χ0n) is 13.5. The van der Waals surface area contributed by atoms with E-state index in [4.69, 9.17) is 5.11 Å². The molecule has 0 saturated carbocycles. The average molecular weight is 363 g/mol. The molecule has 9 heteroatoms. The molecule has 0 unspecified atom stereocenters. The number of nitrogens with one attached hydrogen (secondary N) is 1. The quantitative estimate of drug-likeness (QED) is 0.754. The Balaban J connectivity index is 3.21. The monoisotopic (exact) mass is 363 g/mol. The number of hydrogen-bond acceptors (Lipinski definition) is 5. The van der Waals surface area contributed by atoms with E-state index in [9.17, 15) is 21.6 Å². The molecular formula is C14H21NO6S2. The summed E-state index contributed by atoms with van der Waals surface area (Å²) in [6.45, 7) is 4.71. The van der Waals surface area contributed by atoms with Crippen molar-refractivity contribution in [3.63, 3.8) is 0 Å². The molecule has 1 aromatic carbocycles. The molecule has 0 heterocycles. The minimum Gasteiger partial charge on any atom is -0.481 e. The van der Waals surface area contributed by atoms with E-state index >= 15 is 0 Å². The van der Waals surface area contributed by atoms with Gasteiger partial charge in [0.2, 0.25) is 10.0 Å². The van der Waals surface area contributed by atoms with Crippen LogP contribution in [0.3, 0.4) is 0 Å². The van der Waals surface area contributed by atoms with Crippen molar-refractivity contribution in [2.45, 2.75) is 48.9 Å². The molecule has 7 nitrogen and oxygen atoms in total. The van der Waals surface area contributed by atoms with Crippen molar-refractivity contribution in [2.75, 3.05) is 6.26 Å². The number of aryl methyl sites for hydroxylation is 1. The molecule has 2 N–H and O–H groups in total. The summed E-state index contributed by atoms with van der Waals surface area (Å²) < 4.78 is 50.7. The number of sulfonamides is 1. The van der Waals surface area contributed by atoms with Gasteiger partial charge in [0.25, 0.3) is 0 Å². The van der Waals surface area contributed by atoms with E-state index in [1.807, 2.05) is 0 Å². The summed E-state index contributed by atoms with van der Waals surface area (Å²) in [5.41, 5.74) is -0.580. The largest absolute Gasteiger partial charge is 0.481 e. The fourth-order valence-corrected chi connectivity index (χ4v) is 4.43. The van der Waals surface area contributed by atoms with E-state index in [2.05, 4.69) is 4.72 Å². The van der Waals surface area contributed by atoms with Crippen LogP contribution in [-0.4, -0.2) is 39.7 Å². The second kappa shape index (κ2) is 6.58. The Bertz CT molecular complexity index is 810. The minimum atomic E-state index is -3.99. The van der Waals surface area contributed by atoms with Crippen molar-refractivity contribution < 1.29 is 26.7 Å². The van der Waals surface area contributed by atoms with Gasteiger partial charge in [-0.15, -0.1) is 0 Å². The van der Waals surface area contributed by atoms with Crippen molar-refractivity contribution in [1.82, 2.24) is 4.72 Å². The Kier molecular flexibility index (Phi) is 5.61. The number of carbonyl (C=O) groups is 1. The molecule has 0 saturated heterocycles. The standard InChI is InChI=1S/C14H21NO6S2/c1-10-5-6-11(22(4,18)19)9-12(10)23(20,21)15-14(2,3)8-7-13(16)17/h5-6,9,15H,7-8H2,1-4H3,(H,16,17). The van der Waals surface area contributed by atoms with Gasteiger partial charge in [0.15, 0.2) is 9.84 Å². The molecule has 0 radical (unpaired) electrons. The van der Waals surface area contributed by atoms with Crippen molar-refractivity contribution in [3.8, 4) is 0 Å². The lowest BCUT2D eigenvalue weighted by Gasteiger charge is -2.25. The summed E-state index contributed by atoms with van der Waals surface area (Å²) in [4.78, 5) is 10.4. The summed E-state index contributed by atoms with van der Waals surface area (Å²) in [6, 6.07) is 3.88. The van der Waals surface area contributed by atoms with Gasteiger partial charge in [0.1, 0.15) is 0 Å². The molecule has 0 aliphatic carbocycles. The van der Waals surface area contributed by atoms with E-state index in [1.54, 1.807) is 20.8 Å². The average Bonchev–Trinajstić information content (AvgIpc) is 2.34. The molecule has 0 aromatic heterocycles. The zero-order chi connectivity index (χ0) is 18.1. The Morgan fingerprint density at radius 1 is 1.22 bits per heavy atom. The number of rotatable bonds is 7. The third-order valence-corrected chi connectivity index (χ3v) is 6.20. The zero-order valence-corrected chi connectivity index (χ0v) is 15.1. The lowest BCUT2D eigenvalue weighted by molar-refractivity contribution is -0.137. The summed E-state index contributed by atoms with van der Waals surface area (Å²) in [6.07, 6.45) is 0.919. The Morgan fingerprint density at radius 3 is 2.26 bits per heavy atom. The molecule has 1 rings (SSSR count). The van der Waals surface area contributed by atoms with Crippen LogP contribution >= 0.6 is 0 Å². The van der Waals surface area contributed by atoms with Crippen LogP contribution in [0.2, 0.25) is 0 Å². The Hall–Kier alpha value is -1.45. The summed E-state index contributed by atoms with van der Waals surface area (Å²) in [5.74, 6) is -1.02. The molecule has 0 fully saturated rings. The fraction of sp³-hybridized carbons (Fsp3) is 0.500. The van der Waals surface area contributed by atoms with Crippen molar-refractivity contribution in [3.05, 3.63) is 23.8 Å². The maximum absolute atomic E-state index is 12.5. The van der Waals surface area contributed by atoms with Crippen LogP contribution < -0.4 is 4.72 Å². The number of benzene rings is 1. The van der Waals surface area contributed by atoms with Gasteiger partial charge in [-0.1, -0.05) is 6.07 Å². The first-order chi connectivity index (χ1) is 10.2. The third kappa shape index (κ3) is 5.60. The van der Waals surface area contributed by atoms with Crippen LogP contribution in [0.15, 0.2) is 28.0 Å². The molecule has 0 bridgehead atoms. The highest BCUT2D eigenvalue weighted by molar-refractivity contribution is 7.91. The number of carboxylic acid groups (broad SMARTS) is 1. The van der Waals surface area contributed by atoms with Gasteiger partial charge in [-0.3, -0.25) is 4.79 Å². The smallest absolute Gasteiger partial charge is 0.303 e. The van der Waals surface area contributed by atoms with Gasteiger partial charge < -0.3 is 5.11 Å². The molecular weight excluding hydrogens is 342 g/mol. The summed E-state index contributed by atoms with van der Waals surface area (Å²) in [7, 11) is -7.52. The molecule has 1 aromatic rings. The van der Waals surface area contributed by atoms with E-state index < -0.39 is 31.4 Å². The molecule has 0 atom stereocenters. The van der Waals surface area contributed by atoms with Gasteiger partial charge in [0, 0.05) is 18.2 Å². The van der Waals surface area contributed by atoms with Gasteiger partial charge in [0.05, 0.1) is 9.79 Å². The molecule has 0 aliphatic heterocycles. The van der Waals surface area contributed by atoms with Gasteiger partial charge in [-0.2, -0.15) is 0 Å². The van der Waals surface area contributed by atoms with Gasteiger partial charge >= 0.3 is 5.97 Å². The lowest BCUT2D eigenvalue weighted by atomic mass is 10.0. The second-order valence-corrected chi connectivity index (χ2v) is 9.75. The number of aliphatic carboxylic acids is 1. The van der Waals surface area contributed by atoms with Crippen LogP contribution in [0.4, 0.5) is 0 Å². The van der Waals surface area contributed by atoms with E-state index in [0.29, 0.717) is 5.56 Å². The molecule has 0 spiro atoms. The first-order valence-corrected chi connectivity index (χ1v) is 10.2. The number of sulfone groups is 1. The second-order valence-electron chi connectivity index (χ2n) is 6.08. The highest BCUT2D eigenvalue weighted by Crippen LogP contribution is 2.23. The highest BCUT2D eigenvalue weighted by Gasteiger charge is 2.28. The van der Waals surface area contributed by atoms with Gasteiger partial charge in [-0.25, -0.2) is 21.6 Å². The lowest BCUT2D eigenvalue weighted by Crippen LogP contribution is -2.43. The normalized spacial score (nSPS) is 13.0. The van der Waals surface area contributed by atoms with Crippen LogP contribution in [0, 0.1) is 6.92 Å². The van der Waals surface area contributed by atoms with Crippen LogP contribution in [0.5, 0.6) is 0 Å². The van der Waals surface area contributed by atoms with Crippen molar-refractivity contribution in [2.24, 2.45) is 0 Å². The summed E-state index contributed by atoms with van der Waals surface area (Å²) >= 11 is 0. The summed E-state index contributed by atoms with van der Waals surface area (Å²) in [5, 5.41) is 8.72. The van der Waals surface area contributed by atoms with Crippen LogP contribution in [-0.2, 0) is 24.7 Å². The SMILES string of the molecule is Cc1ccc(S(C)(=O)=O)cc1S(=O)(=O)NC(C)(C)CCC(=O)O. The van der Waals surface area contributed by atoms with Crippen LogP contribution in [0.1, 0.15) is 32.3 Å². The number of carboxylic acids is 1. The predicted octanol–water partition coefficient (Wildman–Crippen LogP) is 1.32.